The maximum atomic E-state index is 12.0. The maximum absolute atomic E-state index is 12.0. The second kappa shape index (κ2) is 7.18. The third-order valence-corrected chi connectivity index (χ3v) is 4.06. The van der Waals surface area contributed by atoms with E-state index in [-0.39, 0.29) is 28.5 Å². The van der Waals surface area contributed by atoms with Gasteiger partial charge < -0.3 is 14.2 Å². The number of hydrogen-bond acceptors (Lipinski definition) is 8. The Balaban J connectivity index is 1.60. The lowest BCUT2D eigenvalue weighted by atomic mass is 10.1. The van der Waals surface area contributed by atoms with E-state index in [0.29, 0.717) is 17.0 Å². The number of carbonyl (C=O) groups is 1. The van der Waals surface area contributed by atoms with Crippen molar-refractivity contribution in [1.29, 1.82) is 0 Å². The van der Waals surface area contributed by atoms with E-state index in [0.717, 1.165) is 11.8 Å². The molecule has 1 N–H and O–H groups in total. The summed E-state index contributed by atoms with van der Waals surface area (Å²) in [5, 5.41) is 21.4. The zero-order chi connectivity index (χ0) is 17.8. The summed E-state index contributed by atoms with van der Waals surface area (Å²) in [7, 11) is 0. The third-order valence-electron chi connectivity index (χ3n) is 3.24. The van der Waals surface area contributed by atoms with Crippen molar-refractivity contribution in [2.24, 2.45) is 0 Å². The molecule has 1 amide bonds. The smallest absolute Gasteiger partial charge is 0.284 e. The van der Waals surface area contributed by atoms with Gasteiger partial charge in [0.25, 0.3) is 16.8 Å². The van der Waals surface area contributed by atoms with Crippen LogP contribution in [0.3, 0.4) is 0 Å². The second-order valence-corrected chi connectivity index (χ2v) is 5.82. The quantitative estimate of drug-likeness (QED) is 0.403. The Bertz CT molecular complexity index is 907. The normalized spacial score (nSPS) is 10.6. The number of amides is 1. The highest BCUT2D eigenvalue weighted by Gasteiger charge is 2.16. The van der Waals surface area contributed by atoms with E-state index >= 15 is 0 Å². The summed E-state index contributed by atoms with van der Waals surface area (Å²) >= 11 is 1.05. The van der Waals surface area contributed by atoms with Gasteiger partial charge in [-0.1, -0.05) is 17.8 Å². The van der Waals surface area contributed by atoms with Gasteiger partial charge in [-0.25, -0.2) is 0 Å². The monoisotopic (exact) mass is 360 g/mol. The number of nitro groups is 1. The predicted octanol–water partition coefficient (Wildman–Crippen LogP) is 3.28. The Morgan fingerprint density at radius 2 is 2.16 bits per heavy atom. The van der Waals surface area contributed by atoms with Crippen molar-refractivity contribution < 1.29 is 18.6 Å². The van der Waals surface area contributed by atoms with Gasteiger partial charge in [-0.15, -0.1) is 10.2 Å². The zero-order valence-corrected chi connectivity index (χ0v) is 13.8. The molecule has 25 heavy (non-hydrogen) atoms. The maximum Gasteiger partial charge on any atom is 0.284 e. The van der Waals surface area contributed by atoms with Crippen LogP contribution in [0, 0.1) is 17.0 Å². The van der Waals surface area contributed by atoms with Gasteiger partial charge in [-0.05, 0) is 25.1 Å². The molecule has 0 saturated carbocycles. The van der Waals surface area contributed by atoms with Crippen molar-refractivity contribution in [3.05, 3.63) is 52.3 Å². The molecule has 0 fully saturated rings. The van der Waals surface area contributed by atoms with Gasteiger partial charge in [-0.3, -0.25) is 14.9 Å². The van der Waals surface area contributed by atoms with Crippen LogP contribution in [-0.2, 0) is 4.79 Å². The second-order valence-electron chi connectivity index (χ2n) is 4.89. The summed E-state index contributed by atoms with van der Waals surface area (Å²) in [5.74, 6) is 0.340. The van der Waals surface area contributed by atoms with Crippen LogP contribution in [0.25, 0.3) is 11.7 Å². The number of aromatic nitrogens is 2. The van der Waals surface area contributed by atoms with Gasteiger partial charge in [0, 0.05) is 6.07 Å². The molecule has 3 rings (SSSR count). The first-order valence-corrected chi connectivity index (χ1v) is 8.07. The molecule has 0 saturated heterocycles. The van der Waals surface area contributed by atoms with E-state index in [1.54, 1.807) is 25.1 Å². The molecule has 0 aliphatic carbocycles. The lowest BCUT2D eigenvalue weighted by Crippen LogP contribution is -2.15. The van der Waals surface area contributed by atoms with Gasteiger partial charge in [0.2, 0.25) is 5.91 Å². The first-order chi connectivity index (χ1) is 12.0. The molecular weight excluding hydrogens is 348 g/mol. The number of nitro benzene ring substituents is 1. The Kier molecular flexibility index (Phi) is 4.80. The molecule has 0 radical (unpaired) electrons. The van der Waals surface area contributed by atoms with Crippen LogP contribution in [0.1, 0.15) is 5.56 Å². The Morgan fingerprint density at radius 3 is 2.88 bits per heavy atom. The Hall–Kier alpha value is -3.14. The van der Waals surface area contributed by atoms with Crippen LogP contribution in [0.2, 0.25) is 0 Å². The van der Waals surface area contributed by atoms with E-state index < -0.39 is 4.92 Å². The number of rotatable bonds is 6. The number of furan rings is 1. The molecule has 2 heterocycles. The highest BCUT2D eigenvalue weighted by Crippen LogP contribution is 2.26. The van der Waals surface area contributed by atoms with Gasteiger partial charge >= 0.3 is 0 Å². The molecule has 0 unspecified atom stereocenters. The Labute approximate surface area is 145 Å². The largest absolute Gasteiger partial charge is 0.459 e. The van der Waals surface area contributed by atoms with Gasteiger partial charge in [0.05, 0.1) is 28.2 Å². The summed E-state index contributed by atoms with van der Waals surface area (Å²) in [4.78, 5) is 22.5. The molecule has 0 bridgehead atoms. The molecule has 0 atom stereocenters. The first-order valence-electron chi connectivity index (χ1n) is 7.08. The number of hydrogen-bond donors (Lipinski definition) is 1. The van der Waals surface area contributed by atoms with E-state index in [9.17, 15) is 14.9 Å². The first kappa shape index (κ1) is 16.7. The minimum absolute atomic E-state index is 0.0158. The molecule has 128 valence electrons. The average Bonchev–Trinajstić information content (AvgIpc) is 3.25. The van der Waals surface area contributed by atoms with Crippen LogP contribution in [0.5, 0.6) is 0 Å². The lowest BCUT2D eigenvalue weighted by Gasteiger charge is -2.07. The fourth-order valence-electron chi connectivity index (χ4n) is 2.04. The summed E-state index contributed by atoms with van der Waals surface area (Å²) in [6, 6.07) is 7.88. The minimum Gasteiger partial charge on any atom is -0.459 e. The molecule has 0 aliphatic rings. The molecule has 10 heteroatoms. The SMILES string of the molecule is Cc1c(NC(=O)CSc2nnc(-c3ccco3)o2)cccc1[N+](=O)[O-]. The average molecular weight is 360 g/mol. The van der Waals surface area contributed by atoms with Crippen molar-refractivity contribution >= 4 is 29.0 Å². The van der Waals surface area contributed by atoms with E-state index in [1.165, 1.54) is 18.4 Å². The van der Waals surface area contributed by atoms with Gasteiger partial charge in [-0.2, -0.15) is 0 Å². The van der Waals surface area contributed by atoms with Crippen LogP contribution >= 0.6 is 11.8 Å². The highest BCUT2D eigenvalue weighted by atomic mass is 32.2. The summed E-state index contributed by atoms with van der Waals surface area (Å²) in [6.45, 7) is 1.58. The van der Waals surface area contributed by atoms with Crippen LogP contribution < -0.4 is 5.32 Å². The van der Waals surface area contributed by atoms with Crippen LogP contribution in [0.15, 0.2) is 50.7 Å². The molecule has 0 spiro atoms. The number of anilines is 1. The summed E-state index contributed by atoms with van der Waals surface area (Å²) < 4.78 is 10.5. The van der Waals surface area contributed by atoms with E-state index in [2.05, 4.69) is 15.5 Å². The van der Waals surface area contributed by atoms with E-state index in [4.69, 9.17) is 8.83 Å². The number of nitrogens with one attached hydrogen (secondary N) is 1. The lowest BCUT2D eigenvalue weighted by molar-refractivity contribution is -0.385. The fourth-order valence-corrected chi connectivity index (χ4v) is 2.60. The van der Waals surface area contributed by atoms with Gasteiger partial charge in [0.15, 0.2) is 5.76 Å². The van der Waals surface area contributed by atoms with Crippen molar-refractivity contribution in [1.82, 2.24) is 10.2 Å². The van der Waals surface area contributed by atoms with Crippen molar-refractivity contribution in [3.63, 3.8) is 0 Å². The topological polar surface area (TPSA) is 124 Å². The third kappa shape index (κ3) is 3.86. The molecule has 0 aliphatic heterocycles. The standard InChI is InChI=1S/C15H12N4O5S/c1-9-10(4-2-5-11(9)19(21)22)16-13(20)8-25-15-18-17-14(24-15)12-6-3-7-23-12/h2-7H,8H2,1H3,(H,16,20). The fraction of sp³-hybridized carbons (Fsp3) is 0.133. The Morgan fingerprint density at radius 1 is 1.32 bits per heavy atom. The van der Waals surface area contributed by atoms with Crippen molar-refractivity contribution in [2.75, 3.05) is 11.1 Å². The van der Waals surface area contributed by atoms with Crippen molar-refractivity contribution in [3.8, 4) is 11.7 Å². The molecule has 9 nitrogen and oxygen atoms in total. The highest BCUT2D eigenvalue weighted by molar-refractivity contribution is 7.99. The summed E-state index contributed by atoms with van der Waals surface area (Å²) in [5.41, 5.74) is 0.732. The molecular formula is C15H12N4O5S. The number of thioether (sulfide) groups is 1. The summed E-state index contributed by atoms with van der Waals surface area (Å²) in [6.07, 6.45) is 1.49. The van der Waals surface area contributed by atoms with Crippen molar-refractivity contribution in [2.45, 2.75) is 12.1 Å². The predicted molar refractivity (Wildman–Crippen MR) is 89.2 cm³/mol. The van der Waals surface area contributed by atoms with Crippen LogP contribution in [-0.4, -0.2) is 26.8 Å². The van der Waals surface area contributed by atoms with Gasteiger partial charge in [0.1, 0.15) is 0 Å². The minimum atomic E-state index is -0.492. The number of nitrogens with zero attached hydrogens (tertiary/aromatic N) is 3. The van der Waals surface area contributed by atoms with Crippen LogP contribution in [0.4, 0.5) is 11.4 Å². The number of carbonyl (C=O) groups excluding carboxylic acids is 1. The zero-order valence-electron chi connectivity index (χ0n) is 13.0. The molecule has 3 aromatic rings. The number of benzene rings is 1. The van der Waals surface area contributed by atoms with E-state index in [1.807, 2.05) is 0 Å². The molecule has 2 aromatic heterocycles. The molecule has 1 aromatic carbocycles.